The number of rotatable bonds is 4. The Morgan fingerprint density at radius 2 is 1.72 bits per heavy atom. The second-order valence-corrected chi connectivity index (χ2v) is 7.31. The van der Waals surface area contributed by atoms with Crippen LogP contribution in [0.15, 0.2) is 18.2 Å². The van der Waals surface area contributed by atoms with Crippen LogP contribution in [0.1, 0.15) is 44.2 Å². The van der Waals surface area contributed by atoms with Gasteiger partial charge in [-0.15, -0.1) is 0 Å². The van der Waals surface area contributed by atoms with E-state index in [0.717, 1.165) is 38.5 Å². The number of likely N-dealkylation sites (tertiary alicyclic amines) is 2. The van der Waals surface area contributed by atoms with Gasteiger partial charge in [0.1, 0.15) is 11.6 Å². The Balaban J connectivity index is 1.47. The molecule has 2 aliphatic heterocycles. The highest BCUT2D eigenvalue weighted by molar-refractivity contribution is 5.74. The molecule has 25 heavy (non-hydrogen) atoms. The first-order chi connectivity index (χ1) is 12.0. The van der Waals surface area contributed by atoms with Crippen LogP contribution in [-0.4, -0.2) is 48.6 Å². The Morgan fingerprint density at radius 3 is 2.32 bits per heavy atom. The minimum Gasteiger partial charge on any atom is -0.331 e. The molecule has 0 radical (unpaired) electrons. The molecule has 1 N–H and O–H groups in total. The Hall–Kier alpha value is -1.69. The summed E-state index contributed by atoms with van der Waals surface area (Å²) in [5, 5.41) is 2.85. The van der Waals surface area contributed by atoms with E-state index in [2.05, 4.69) is 10.2 Å². The number of urea groups is 1. The fraction of sp³-hybridized carbons (Fsp3) is 0.632. The number of piperidine rings is 1. The van der Waals surface area contributed by atoms with Crippen molar-refractivity contribution in [2.24, 2.45) is 5.92 Å². The van der Waals surface area contributed by atoms with Crippen LogP contribution in [0.3, 0.4) is 0 Å². The van der Waals surface area contributed by atoms with Crippen molar-refractivity contribution in [2.75, 3.05) is 32.7 Å². The lowest BCUT2D eigenvalue weighted by Gasteiger charge is -2.34. The normalized spacial score (nSPS) is 20.7. The Labute approximate surface area is 148 Å². The van der Waals surface area contributed by atoms with E-state index in [0.29, 0.717) is 11.5 Å². The summed E-state index contributed by atoms with van der Waals surface area (Å²) in [5.41, 5.74) is 0.440. The number of halogens is 2. The maximum absolute atomic E-state index is 13.3. The van der Waals surface area contributed by atoms with Gasteiger partial charge in [0.25, 0.3) is 0 Å². The molecule has 0 spiro atoms. The highest BCUT2D eigenvalue weighted by Crippen LogP contribution is 2.22. The molecule has 0 aromatic heterocycles. The molecule has 1 atom stereocenters. The van der Waals surface area contributed by atoms with Crippen molar-refractivity contribution in [3.63, 3.8) is 0 Å². The molecule has 1 aromatic carbocycles. The molecule has 1 aromatic rings. The lowest BCUT2D eigenvalue weighted by molar-refractivity contribution is 0.152. The fourth-order valence-electron chi connectivity index (χ4n) is 3.83. The van der Waals surface area contributed by atoms with Gasteiger partial charge in [-0.1, -0.05) is 0 Å². The summed E-state index contributed by atoms with van der Waals surface area (Å²) in [7, 11) is 0. The number of nitrogens with zero attached hydrogens (tertiary/aromatic N) is 2. The van der Waals surface area contributed by atoms with Crippen molar-refractivity contribution in [1.29, 1.82) is 0 Å². The lowest BCUT2D eigenvalue weighted by atomic mass is 9.96. The average Bonchev–Trinajstić information content (AvgIpc) is 3.07. The second kappa shape index (κ2) is 8.13. The summed E-state index contributed by atoms with van der Waals surface area (Å²) >= 11 is 0. The third-order valence-electron chi connectivity index (χ3n) is 5.34. The zero-order valence-electron chi connectivity index (χ0n) is 14.8. The van der Waals surface area contributed by atoms with Crippen LogP contribution < -0.4 is 5.32 Å². The van der Waals surface area contributed by atoms with Crippen LogP contribution in [0.25, 0.3) is 0 Å². The average molecular weight is 351 g/mol. The van der Waals surface area contributed by atoms with Crippen LogP contribution in [0, 0.1) is 17.6 Å². The third-order valence-corrected chi connectivity index (χ3v) is 5.34. The van der Waals surface area contributed by atoms with Crippen molar-refractivity contribution in [3.8, 4) is 0 Å². The summed E-state index contributed by atoms with van der Waals surface area (Å²) in [5.74, 6) is -0.588. The molecule has 3 rings (SSSR count). The standard InChI is InChI=1S/C19H27F2N3O/c1-14(16-10-17(20)12-18(21)11-16)22-19(25)24-8-4-15(5-9-24)13-23-6-2-3-7-23/h10-12,14-15H,2-9,13H2,1H3,(H,22,25)/t14-/m1/s1. The molecule has 4 nitrogen and oxygen atoms in total. The molecule has 2 amide bonds. The predicted octanol–water partition coefficient (Wildman–Crippen LogP) is 3.54. The molecular formula is C19H27F2N3O. The Morgan fingerprint density at radius 1 is 1.12 bits per heavy atom. The van der Waals surface area contributed by atoms with Gasteiger partial charge in [0.05, 0.1) is 6.04 Å². The number of hydrogen-bond donors (Lipinski definition) is 1. The number of amides is 2. The van der Waals surface area contributed by atoms with E-state index in [4.69, 9.17) is 0 Å². The molecular weight excluding hydrogens is 324 g/mol. The van der Waals surface area contributed by atoms with Gasteiger partial charge in [-0.2, -0.15) is 0 Å². The van der Waals surface area contributed by atoms with Crippen molar-refractivity contribution in [1.82, 2.24) is 15.1 Å². The molecule has 2 heterocycles. The van der Waals surface area contributed by atoms with Crippen LogP contribution in [0.2, 0.25) is 0 Å². The Bertz CT molecular complexity index is 576. The predicted molar refractivity (Wildman–Crippen MR) is 93.3 cm³/mol. The maximum atomic E-state index is 13.3. The quantitative estimate of drug-likeness (QED) is 0.901. The number of benzene rings is 1. The van der Waals surface area contributed by atoms with Crippen molar-refractivity contribution in [3.05, 3.63) is 35.4 Å². The highest BCUT2D eigenvalue weighted by Gasteiger charge is 2.26. The first-order valence-corrected chi connectivity index (χ1v) is 9.25. The topological polar surface area (TPSA) is 35.6 Å². The minimum atomic E-state index is -0.626. The van der Waals surface area contributed by atoms with E-state index < -0.39 is 17.7 Å². The minimum absolute atomic E-state index is 0.156. The summed E-state index contributed by atoms with van der Waals surface area (Å²) in [6.07, 6.45) is 4.65. The van der Waals surface area contributed by atoms with E-state index in [-0.39, 0.29) is 6.03 Å². The van der Waals surface area contributed by atoms with Gasteiger partial charge in [-0.05, 0) is 69.3 Å². The maximum Gasteiger partial charge on any atom is 0.317 e. The monoisotopic (exact) mass is 351 g/mol. The van der Waals surface area contributed by atoms with E-state index in [9.17, 15) is 13.6 Å². The van der Waals surface area contributed by atoms with Gasteiger partial charge in [-0.25, -0.2) is 13.6 Å². The number of carbonyl (C=O) groups is 1. The molecule has 2 aliphatic rings. The van der Waals surface area contributed by atoms with E-state index >= 15 is 0 Å². The van der Waals surface area contributed by atoms with Crippen LogP contribution >= 0.6 is 0 Å². The first-order valence-electron chi connectivity index (χ1n) is 9.25. The van der Waals surface area contributed by atoms with Gasteiger partial charge in [0.2, 0.25) is 0 Å². The first kappa shape index (κ1) is 18.1. The molecule has 0 aliphatic carbocycles. The lowest BCUT2D eigenvalue weighted by Crippen LogP contribution is -2.46. The molecule has 2 fully saturated rings. The van der Waals surface area contributed by atoms with Gasteiger partial charge in [-0.3, -0.25) is 0 Å². The highest BCUT2D eigenvalue weighted by atomic mass is 19.1. The molecule has 0 unspecified atom stereocenters. The van der Waals surface area contributed by atoms with E-state index in [1.54, 1.807) is 6.92 Å². The summed E-state index contributed by atoms with van der Waals surface area (Å²) in [6.45, 7) is 6.80. The molecule has 138 valence electrons. The van der Waals surface area contributed by atoms with Crippen LogP contribution in [-0.2, 0) is 0 Å². The summed E-state index contributed by atoms with van der Waals surface area (Å²) < 4.78 is 26.6. The molecule has 2 saturated heterocycles. The summed E-state index contributed by atoms with van der Waals surface area (Å²) in [6, 6.07) is 2.77. The zero-order valence-corrected chi connectivity index (χ0v) is 14.8. The van der Waals surface area contributed by atoms with Gasteiger partial charge >= 0.3 is 6.03 Å². The van der Waals surface area contributed by atoms with E-state index in [1.807, 2.05) is 4.90 Å². The van der Waals surface area contributed by atoms with Crippen LogP contribution in [0.5, 0.6) is 0 Å². The van der Waals surface area contributed by atoms with Crippen molar-refractivity contribution >= 4 is 6.03 Å². The molecule has 0 bridgehead atoms. The third kappa shape index (κ3) is 4.91. The molecule has 6 heteroatoms. The van der Waals surface area contributed by atoms with Gasteiger partial charge in [0, 0.05) is 25.7 Å². The summed E-state index contributed by atoms with van der Waals surface area (Å²) in [4.78, 5) is 16.8. The largest absolute Gasteiger partial charge is 0.331 e. The van der Waals surface area contributed by atoms with E-state index in [1.165, 1.54) is 38.1 Å². The smallest absolute Gasteiger partial charge is 0.317 e. The zero-order chi connectivity index (χ0) is 17.8. The number of hydrogen-bond acceptors (Lipinski definition) is 2. The van der Waals surface area contributed by atoms with Crippen LogP contribution in [0.4, 0.5) is 13.6 Å². The van der Waals surface area contributed by atoms with Crippen molar-refractivity contribution < 1.29 is 13.6 Å². The number of carbonyl (C=O) groups excluding carboxylic acids is 1. The fourth-order valence-corrected chi connectivity index (χ4v) is 3.83. The second-order valence-electron chi connectivity index (χ2n) is 7.31. The molecule has 0 saturated carbocycles. The Kier molecular flexibility index (Phi) is 5.89. The van der Waals surface area contributed by atoms with Gasteiger partial charge < -0.3 is 15.1 Å². The van der Waals surface area contributed by atoms with Gasteiger partial charge in [0.15, 0.2) is 0 Å². The number of nitrogens with one attached hydrogen (secondary N) is 1. The SMILES string of the molecule is C[C@@H](NC(=O)N1CCC(CN2CCCC2)CC1)c1cc(F)cc(F)c1. The van der Waals surface area contributed by atoms with Crippen molar-refractivity contribution in [2.45, 2.75) is 38.6 Å².